The quantitative estimate of drug-likeness (QED) is 0.514. The molecule has 0 bridgehead atoms. The predicted octanol–water partition coefficient (Wildman–Crippen LogP) is 1.37. The molecule has 0 aliphatic heterocycles. The van der Waals surface area contributed by atoms with Crippen LogP contribution in [0.25, 0.3) is 0 Å². The van der Waals surface area contributed by atoms with Crippen molar-refractivity contribution >= 4 is 23.1 Å². The molecule has 0 heterocycles. The molecule has 3 heteroatoms. The molecule has 50 valence electrons. The lowest BCUT2D eigenvalue weighted by molar-refractivity contribution is -0.113. The van der Waals surface area contributed by atoms with Crippen molar-refractivity contribution < 1.29 is 4.79 Å². The lowest BCUT2D eigenvalue weighted by Crippen LogP contribution is -2.27. The Kier molecular flexibility index (Phi) is 1.86. The van der Waals surface area contributed by atoms with Crippen LogP contribution in [-0.2, 0) is 4.79 Å². The number of nitrogens with one attached hydrogen (secondary N) is 1. The maximum Gasteiger partial charge on any atom is 0.177 e. The van der Waals surface area contributed by atoms with Gasteiger partial charge in [0.15, 0.2) is 5.78 Å². The van der Waals surface area contributed by atoms with E-state index in [0.717, 1.165) is 12.8 Å². The first kappa shape index (κ1) is 6.75. The Hall–Kier alpha value is -0.370. The van der Waals surface area contributed by atoms with Crippen LogP contribution in [0, 0.1) is 5.41 Å². The van der Waals surface area contributed by atoms with Crippen molar-refractivity contribution in [1.82, 2.24) is 0 Å². The second-order valence-electron chi connectivity index (χ2n) is 2.20. The highest BCUT2D eigenvalue weighted by Gasteiger charge is 2.23. The highest BCUT2D eigenvalue weighted by Crippen LogP contribution is 2.16. The van der Waals surface area contributed by atoms with Gasteiger partial charge in [-0.15, -0.1) is 11.6 Å². The second-order valence-corrected chi connectivity index (χ2v) is 2.72. The number of halogens is 1. The summed E-state index contributed by atoms with van der Waals surface area (Å²) in [5.41, 5.74) is 0.0999. The van der Waals surface area contributed by atoms with E-state index in [-0.39, 0.29) is 16.9 Å². The maximum absolute atomic E-state index is 10.7. The van der Waals surface area contributed by atoms with Gasteiger partial charge in [-0.05, 0) is 12.8 Å². The van der Waals surface area contributed by atoms with Gasteiger partial charge in [-0.2, -0.15) is 0 Å². The van der Waals surface area contributed by atoms with Gasteiger partial charge < -0.3 is 5.41 Å². The molecule has 1 unspecified atom stereocenters. The first-order chi connectivity index (χ1) is 4.22. The molecule has 1 fully saturated rings. The minimum Gasteiger partial charge on any atom is -0.300 e. The molecule has 0 spiro atoms. The molecule has 1 rings (SSSR count). The van der Waals surface area contributed by atoms with Crippen LogP contribution < -0.4 is 0 Å². The Morgan fingerprint density at radius 1 is 1.67 bits per heavy atom. The molecule has 9 heavy (non-hydrogen) atoms. The molecular formula is C6H8ClNO. The van der Waals surface area contributed by atoms with Crippen LogP contribution in [0.2, 0.25) is 0 Å². The van der Waals surface area contributed by atoms with Gasteiger partial charge in [-0.1, -0.05) is 0 Å². The molecule has 0 amide bonds. The van der Waals surface area contributed by atoms with E-state index in [1.807, 2.05) is 0 Å². The van der Waals surface area contributed by atoms with Crippen molar-refractivity contribution in [3.8, 4) is 0 Å². The molecule has 1 atom stereocenters. The monoisotopic (exact) mass is 145 g/mol. The van der Waals surface area contributed by atoms with Gasteiger partial charge in [0, 0.05) is 6.42 Å². The van der Waals surface area contributed by atoms with Crippen LogP contribution >= 0.6 is 11.6 Å². The highest BCUT2D eigenvalue weighted by molar-refractivity contribution is 6.51. The zero-order valence-electron chi connectivity index (χ0n) is 4.98. The van der Waals surface area contributed by atoms with Gasteiger partial charge in [0.1, 0.15) is 0 Å². The summed E-state index contributed by atoms with van der Waals surface area (Å²) >= 11 is 5.62. The molecule has 1 saturated carbocycles. The lowest BCUT2D eigenvalue weighted by Gasteiger charge is -2.14. The van der Waals surface area contributed by atoms with Gasteiger partial charge in [0.05, 0.1) is 11.1 Å². The molecule has 1 aliphatic rings. The van der Waals surface area contributed by atoms with E-state index in [1.54, 1.807) is 0 Å². The summed E-state index contributed by atoms with van der Waals surface area (Å²) in [6, 6.07) is 0. The van der Waals surface area contributed by atoms with E-state index in [4.69, 9.17) is 17.0 Å². The lowest BCUT2D eigenvalue weighted by atomic mass is 9.97. The Bertz CT molecular complexity index is 155. The molecule has 0 aromatic carbocycles. The van der Waals surface area contributed by atoms with Gasteiger partial charge in [0.25, 0.3) is 0 Å². The van der Waals surface area contributed by atoms with Crippen molar-refractivity contribution in [3.63, 3.8) is 0 Å². The summed E-state index contributed by atoms with van der Waals surface area (Å²) in [6.07, 6.45) is 2.14. The third-order valence-electron chi connectivity index (χ3n) is 1.48. The summed E-state index contributed by atoms with van der Waals surface area (Å²) in [4.78, 5) is 10.7. The summed E-state index contributed by atoms with van der Waals surface area (Å²) in [6.45, 7) is 0. The first-order valence-corrected chi connectivity index (χ1v) is 3.41. The van der Waals surface area contributed by atoms with Crippen LogP contribution in [0.4, 0.5) is 0 Å². The Labute approximate surface area is 58.7 Å². The summed E-state index contributed by atoms with van der Waals surface area (Å²) in [5.74, 6) is -0.0822. The summed E-state index contributed by atoms with van der Waals surface area (Å²) in [5, 5.41) is 6.81. The molecular weight excluding hydrogens is 138 g/mol. The van der Waals surface area contributed by atoms with Crippen LogP contribution in [0.1, 0.15) is 19.3 Å². The van der Waals surface area contributed by atoms with Crippen LogP contribution in [0.3, 0.4) is 0 Å². The fourth-order valence-electron chi connectivity index (χ4n) is 0.896. The van der Waals surface area contributed by atoms with Crippen molar-refractivity contribution in [2.75, 3.05) is 0 Å². The number of ketones is 1. The van der Waals surface area contributed by atoms with Gasteiger partial charge in [-0.3, -0.25) is 4.79 Å². The SMILES string of the molecule is N=C1C(=O)CCCC1Cl. The van der Waals surface area contributed by atoms with Gasteiger partial charge in [-0.25, -0.2) is 0 Å². The molecule has 1 N–H and O–H groups in total. The average Bonchev–Trinajstić information content (AvgIpc) is 1.83. The van der Waals surface area contributed by atoms with Gasteiger partial charge in [0.2, 0.25) is 0 Å². The van der Waals surface area contributed by atoms with E-state index >= 15 is 0 Å². The average molecular weight is 146 g/mol. The number of hydrogen-bond acceptors (Lipinski definition) is 2. The molecule has 0 saturated heterocycles. The molecule has 1 aliphatic carbocycles. The number of carbonyl (C=O) groups excluding carboxylic acids is 1. The largest absolute Gasteiger partial charge is 0.300 e. The second kappa shape index (κ2) is 2.48. The van der Waals surface area contributed by atoms with Crippen LogP contribution in [0.15, 0.2) is 0 Å². The standard InChI is InChI=1S/C6H8ClNO/c7-4-2-1-3-5(9)6(4)8/h4,8H,1-3H2. The fraction of sp³-hybridized carbons (Fsp3) is 0.667. The van der Waals surface area contributed by atoms with Gasteiger partial charge >= 0.3 is 0 Å². The van der Waals surface area contributed by atoms with E-state index in [2.05, 4.69) is 0 Å². The number of Topliss-reactive ketones (excluding diaryl/α,β-unsaturated/α-hetero) is 1. The number of rotatable bonds is 0. The smallest absolute Gasteiger partial charge is 0.177 e. The third-order valence-corrected chi connectivity index (χ3v) is 1.91. The zero-order chi connectivity index (χ0) is 6.85. The highest BCUT2D eigenvalue weighted by atomic mass is 35.5. The minimum absolute atomic E-state index is 0.0822. The molecule has 0 aromatic heterocycles. The number of alkyl halides is 1. The molecule has 0 aromatic rings. The van der Waals surface area contributed by atoms with Crippen molar-refractivity contribution in [1.29, 1.82) is 5.41 Å². The Morgan fingerprint density at radius 3 is 2.78 bits per heavy atom. The third kappa shape index (κ3) is 1.30. The fourth-order valence-corrected chi connectivity index (χ4v) is 1.17. The Balaban J connectivity index is 2.62. The summed E-state index contributed by atoms with van der Waals surface area (Å²) in [7, 11) is 0. The zero-order valence-corrected chi connectivity index (χ0v) is 5.74. The van der Waals surface area contributed by atoms with Crippen molar-refractivity contribution in [2.24, 2.45) is 0 Å². The van der Waals surface area contributed by atoms with E-state index in [1.165, 1.54) is 0 Å². The normalized spacial score (nSPS) is 28.8. The maximum atomic E-state index is 10.7. The van der Waals surface area contributed by atoms with Crippen molar-refractivity contribution in [2.45, 2.75) is 24.6 Å². The minimum atomic E-state index is -0.314. The predicted molar refractivity (Wildman–Crippen MR) is 36.2 cm³/mol. The topological polar surface area (TPSA) is 40.9 Å². The van der Waals surface area contributed by atoms with E-state index in [0.29, 0.717) is 6.42 Å². The first-order valence-electron chi connectivity index (χ1n) is 2.97. The van der Waals surface area contributed by atoms with Crippen molar-refractivity contribution in [3.05, 3.63) is 0 Å². The number of hydrogen-bond donors (Lipinski definition) is 1. The van der Waals surface area contributed by atoms with Crippen LogP contribution in [-0.4, -0.2) is 16.9 Å². The molecule has 2 nitrogen and oxygen atoms in total. The Morgan fingerprint density at radius 2 is 2.33 bits per heavy atom. The number of carbonyl (C=O) groups is 1. The van der Waals surface area contributed by atoms with E-state index < -0.39 is 0 Å². The van der Waals surface area contributed by atoms with E-state index in [9.17, 15) is 4.79 Å². The summed E-state index contributed by atoms with van der Waals surface area (Å²) < 4.78 is 0. The molecule has 0 radical (unpaired) electrons. The van der Waals surface area contributed by atoms with Crippen LogP contribution in [0.5, 0.6) is 0 Å².